The van der Waals surface area contributed by atoms with Gasteiger partial charge >= 0.3 is 5.97 Å². The number of carbonyl (C=O) groups is 3. The monoisotopic (exact) mass is 467 g/mol. The number of anilines is 1. The molecule has 2 amide bonds. The van der Waals surface area contributed by atoms with E-state index in [-0.39, 0.29) is 47.2 Å². The Morgan fingerprint density at radius 1 is 0.970 bits per heavy atom. The number of halogens is 2. The average Bonchev–Trinajstić information content (AvgIpc) is 3.06. The Morgan fingerprint density at radius 2 is 1.70 bits per heavy atom. The van der Waals surface area contributed by atoms with Crippen LogP contribution in [0.5, 0.6) is 5.75 Å². The first-order chi connectivity index (χ1) is 15.9. The molecule has 0 radical (unpaired) electrons. The zero-order valence-corrected chi connectivity index (χ0v) is 18.4. The minimum absolute atomic E-state index is 0.0153. The Kier molecular flexibility index (Phi) is 6.42. The Labute approximate surface area is 194 Å². The quantitative estimate of drug-likeness (QED) is 0.362. The molecule has 33 heavy (non-hydrogen) atoms. The van der Waals surface area contributed by atoms with Gasteiger partial charge in [0.15, 0.2) is 0 Å². The van der Waals surface area contributed by atoms with E-state index in [1.54, 1.807) is 6.92 Å². The van der Waals surface area contributed by atoms with Crippen LogP contribution in [0.15, 0.2) is 60.7 Å². The molecular formula is C25H19ClFNO5. The maximum atomic E-state index is 14.9. The van der Waals surface area contributed by atoms with Crippen LogP contribution in [-0.4, -0.2) is 24.4 Å². The molecular weight excluding hydrogens is 449 g/mol. The van der Waals surface area contributed by atoms with Gasteiger partial charge in [-0.3, -0.25) is 14.4 Å². The van der Waals surface area contributed by atoms with Gasteiger partial charge in [0.05, 0.1) is 34.9 Å². The van der Waals surface area contributed by atoms with Crippen LogP contribution in [0.25, 0.3) is 0 Å². The number of nitrogens with zero attached hydrogens (tertiary/aromatic N) is 1. The van der Waals surface area contributed by atoms with E-state index < -0.39 is 23.6 Å². The van der Waals surface area contributed by atoms with Crippen LogP contribution in [0.4, 0.5) is 10.1 Å². The number of imide groups is 1. The number of ether oxygens (including phenoxy) is 2. The molecule has 0 N–H and O–H groups in total. The van der Waals surface area contributed by atoms with Crippen molar-refractivity contribution in [3.8, 4) is 5.75 Å². The highest BCUT2D eigenvalue weighted by molar-refractivity contribution is 6.42. The summed E-state index contributed by atoms with van der Waals surface area (Å²) in [6.45, 7) is 2.06. The molecule has 1 aliphatic heterocycles. The number of esters is 1. The normalized spacial score (nSPS) is 12.6. The summed E-state index contributed by atoms with van der Waals surface area (Å²) in [5, 5.41) is 0.0669. The molecule has 168 valence electrons. The van der Waals surface area contributed by atoms with Gasteiger partial charge in [0.2, 0.25) is 0 Å². The summed E-state index contributed by atoms with van der Waals surface area (Å²) in [6.07, 6.45) is -0.129. The predicted octanol–water partition coefficient (Wildman–Crippen LogP) is 4.96. The first-order valence-electron chi connectivity index (χ1n) is 10.2. The second kappa shape index (κ2) is 9.42. The van der Waals surface area contributed by atoms with E-state index in [4.69, 9.17) is 21.1 Å². The summed E-state index contributed by atoms with van der Waals surface area (Å²) in [5.41, 5.74) is 0.939. The van der Waals surface area contributed by atoms with Crippen molar-refractivity contribution in [2.24, 2.45) is 0 Å². The first kappa shape index (κ1) is 22.5. The van der Waals surface area contributed by atoms with E-state index in [2.05, 4.69) is 0 Å². The molecule has 0 saturated heterocycles. The summed E-state index contributed by atoms with van der Waals surface area (Å²) >= 11 is 6.22. The Balaban J connectivity index is 1.64. The largest absolute Gasteiger partial charge is 0.488 e. The molecule has 0 atom stereocenters. The molecule has 1 aliphatic rings. The lowest BCUT2D eigenvalue weighted by molar-refractivity contribution is -0.142. The van der Waals surface area contributed by atoms with Crippen LogP contribution in [0.3, 0.4) is 0 Å². The molecule has 0 spiro atoms. The smallest absolute Gasteiger partial charge is 0.310 e. The van der Waals surface area contributed by atoms with Crippen molar-refractivity contribution in [2.45, 2.75) is 20.0 Å². The van der Waals surface area contributed by atoms with Crippen LogP contribution < -0.4 is 9.64 Å². The fourth-order valence-corrected chi connectivity index (χ4v) is 3.83. The van der Waals surface area contributed by atoms with Gasteiger partial charge in [0, 0.05) is 0 Å². The number of benzene rings is 3. The van der Waals surface area contributed by atoms with Crippen LogP contribution in [0.1, 0.15) is 38.8 Å². The molecule has 3 aromatic rings. The molecule has 6 nitrogen and oxygen atoms in total. The van der Waals surface area contributed by atoms with E-state index in [0.29, 0.717) is 5.56 Å². The summed E-state index contributed by atoms with van der Waals surface area (Å²) in [5.74, 6) is -2.63. The van der Waals surface area contributed by atoms with Crippen molar-refractivity contribution in [3.63, 3.8) is 0 Å². The zero-order valence-electron chi connectivity index (χ0n) is 17.6. The highest BCUT2D eigenvalue weighted by Gasteiger charge is 2.42. The van der Waals surface area contributed by atoms with Crippen LogP contribution >= 0.6 is 11.6 Å². The van der Waals surface area contributed by atoms with Crippen LogP contribution in [0, 0.1) is 5.82 Å². The molecule has 0 saturated carbocycles. The summed E-state index contributed by atoms with van der Waals surface area (Å²) < 4.78 is 25.6. The molecule has 0 aromatic heterocycles. The van der Waals surface area contributed by atoms with E-state index >= 15 is 0 Å². The van der Waals surface area contributed by atoms with Crippen molar-refractivity contribution in [1.29, 1.82) is 0 Å². The minimum atomic E-state index is -0.825. The number of hydrogen-bond acceptors (Lipinski definition) is 5. The standard InChI is InChI=1S/C25H19ClFNO5/c1-2-32-21(29)13-16-8-10-19(18(27)12-16)28-24(30)22-17(26)9-11-20(23(22)25(28)31)33-14-15-6-4-3-5-7-15/h3-12H,2,13-14H2,1H3. The van der Waals surface area contributed by atoms with Gasteiger partial charge in [-0.1, -0.05) is 48.0 Å². The number of amides is 2. The third-order valence-corrected chi connectivity index (χ3v) is 5.41. The van der Waals surface area contributed by atoms with Crippen LogP contribution in [-0.2, 0) is 22.6 Å². The molecule has 3 aromatic carbocycles. The fourth-order valence-electron chi connectivity index (χ4n) is 3.59. The van der Waals surface area contributed by atoms with E-state index in [1.807, 2.05) is 30.3 Å². The predicted molar refractivity (Wildman–Crippen MR) is 120 cm³/mol. The molecule has 0 aliphatic carbocycles. The highest BCUT2D eigenvalue weighted by atomic mass is 35.5. The first-order valence-corrected chi connectivity index (χ1v) is 10.6. The average molecular weight is 468 g/mol. The zero-order chi connectivity index (χ0) is 23.5. The van der Waals surface area contributed by atoms with Gasteiger partial charge < -0.3 is 9.47 Å². The molecule has 0 fully saturated rings. The molecule has 8 heteroatoms. The van der Waals surface area contributed by atoms with E-state index in [1.165, 1.54) is 24.3 Å². The second-order valence-electron chi connectivity index (χ2n) is 7.28. The Morgan fingerprint density at radius 3 is 2.39 bits per heavy atom. The lowest BCUT2D eigenvalue weighted by Gasteiger charge is -2.16. The lowest BCUT2D eigenvalue weighted by Crippen LogP contribution is -2.30. The molecule has 0 unspecified atom stereocenters. The third kappa shape index (κ3) is 4.45. The van der Waals surface area contributed by atoms with Crippen molar-refractivity contribution in [3.05, 3.63) is 93.8 Å². The van der Waals surface area contributed by atoms with Crippen LogP contribution in [0.2, 0.25) is 5.02 Å². The minimum Gasteiger partial charge on any atom is -0.488 e. The SMILES string of the molecule is CCOC(=O)Cc1ccc(N2C(=O)c3c(Cl)ccc(OCc4ccccc4)c3C2=O)c(F)c1. The summed E-state index contributed by atoms with van der Waals surface area (Å²) in [7, 11) is 0. The maximum Gasteiger partial charge on any atom is 0.310 e. The summed E-state index contributed by atoms with van der Waals surface area (Å²) in [4.78, 5) is 38.7. The van der Waals surface area contributed by atoms with Gasteiger partial charge in [-0.25, -0.2) is 9.29 Å². The highest BCUT2D eigenvalue weighted by Crippen LogP contribution is 2.39. The second-order valence-corrected chi connectivity index (χ2v) is 7.69. The van der Waals surface area contributed by atoms with Crippen molar-refractivity contribution in [1.82, 2.24) is 0 Å². The summed E-state index contributed by atoms with van der Waals surface area (Å²) in [6, 6.07) is 16.1. The Bertz CT molecular complexity index is 1250. The fraction of sp³-hybridized carbons (Fsp3) is 0.160. The van der Waals surface area contributed by atoms with Gasteiger partial charge in [-0.15, -0.1) is 0 Å². The lowest BCUT2D eigenvalue weighted by atomic mass is 10.1. The maximum absolute atomic E-state index is 14.9. The van der Waals surface area contributed by atoms with Crippen molar-refractivity contribution in [2.75, 3.05) is 11.5 Å². The topological polar surface area (TPSA) is 72.9 Å². The Hall–Kier alpha value is -3.71. The third-order valence-electron chi connectivity index (χ3n) is 5.09. The number of hydrogen-bond donors (Lipinski definition) is 0. The molecule has 0 bridgehead atoms. The van der Waals surface area contributed by atoms with Gasteiger partial charge in [0.25, 0.3) is 11.8 Å². The van der Waals surface area contributed by atoms with E-state index in [0.717, 1.165) is 16.5 Å². The van der Waals surface area contributed by atoms with Crippen molar-refractivity contribution < 1.29 is 28.2 Å². The molecule has 4 rings (SSSR count). The molecule has 1 heterocycles. The van der Waals surface area contributed by atoms with Gasteiger partial charge in [0.1, 0.15) is 18.2 Å². The van der Waals surface area contributed by atoms with E-state index in [9.17, 15) is 18.8 Å². The number of rotatable bonds is 7. The van der Waals surface area contributed by atoms with Crippen molar-refractivity contribution >= 4 is 35.1 Å². The van der Waals surface area contributed by atoms with Gasteiger partial charge in [-0.2, -0.15) is 0 Å². The number of carbonyl (C=O) groups excluding carboxylic acids is 3. The van der Waals surface area contributed by atoms with Gasteiger partial charge in [-0.05, 0) is 42.3 Å². The number of fused-ring (bicyclic) bond motifs is 1.